The number of hydrogen-bond donors (Lipinski definition) is 1. The van der Waals surface area contributed by atoms with Gasteiger partial charge in [0, 0.05) is 18.8 Å². The summed E-state index contributed by atoms with van der Waals surface area (Å²) in [6, 6.07) is 3.27. The van der Waals surface area contributed by atoms with Gasteiger partial charge in [0.25, 0.3) is 0 Å². The maximum Gasteiger partial charge on any atom is 0.0906 e. The Kier molecular flexibility index (Phi) is 5.86. The van der Waals surface area contributed by atoms with Crippen LogP contribution in [0.1, 0.15) is 57.7 Å². The summed E-state index contributed by atoms with van der Waals surface area (Å²) in [7, 11) is 0. The summed E-state index contributed by atoms with van der Waals surface area (Å²) in [4.78, 5) is 0. The van der Waals surface area contributed by atoms with Crippen LogP contribution in [0, 0.1) is 0 Å². The largest absolute Gasteiger partial charge is 0.375 e. The van der Waals surface area contributed by atoms with E-state index in [4.69, 9.17) is 4.74 Å². The average molecular weight is 265 g/mol. The van der Waals surface area contributed by atoms with Gasteiger partial charge in [-0.05, 0) is 31.9 Å². The summed E-state index contributed by atoms with van der Waals surface area (Å²) >= 11 is 0. The quantitative estimate of drug-likeness (QED) is 0.735. The molecular formula is C15H27N3O. The number of aromatic nitrogens is 2. The zero-order valence-electron chi connectivity index (χ0n) is 12.3. The van der Waals surface area contributed by atoms with Crippen LogP contribution in [0.25, 0.3) is 0 Å². The third kappa shape index (κ3) is 4.96. The Labute approximate surface area is 116 Å². The molecule has 0 saturated heterocycles. The van der Waals surface area contributed by atoms with E-state index in [1.165, 1.54) is 25.7 Å². The standard InChI is InChI=1S/C15H27N3O/c1-13(2)16-9-5-11-19-12-14-8-10-18(17-14)15-6-3-4-7-15/h8,10,13,15-16H,3-7,9,11-12H2,1-2H3. The Hall–Kier alpha value is -0.870. The third-order valence-electron chi connectivity index (χ3n) is 3.63. The SMILES string of the molecule is CC(C)NCCCOCc1ccn(C2CCCC2)n1. The lowest BCUT2D eigenvalue weighted by Gasteiger charge is -2.09. The van der Waals surface area contributed by atoms with Gasteiger partial charge in [0.05, 0.1) is 18.3 Å². The minimum absolute atomic E-state index is 0.558. The molecule has 1 heterocycles. The van der Waals surface area contributed by atoms with Crippen LogP contribution >= 0.6 is 0 Å². The molecule has 19 heavy (non-hydrogen) atoms. The van der Waals surface area contributed by atoms with Gasteiger partial charge in [-0.15, -0.1) is 0 Å². The van der Waals surface area contributed by atoms with Crippen molar-refractivity contribution < 1.29 is 4.74 Å². The topological polar surface area (TPSA) is 39.1 Å². The van der Waals surface area contributed by atoms with Gasteiger partial charge in [-0.1, -0.05) is 26.7 Å². The van der Waals surface area contributed by atoms with Crippen molar-refractivity contribution in [3.8, 4) is 0 Å². The molecule has 0 spiro atoms. The third-order valence-corrected chi connectivity index (χ3v) is 3.63. The summed E-state index contributed by atoms with van der Waals surface area (Å²) in [5, 5.41) is 8.00. The van der Waals surface area contributed by atoms with Crippen LogP contribution in [-0.4, -0.2) is 29.0 Å². The first-order valence-electron chi connectivity index (χ1n) is 7.61. The predicted octanol–water partition coefficient (Wildman–Crippen LogP) is 2.90. The Morgan fingerprint density at radius 3 is 2.95 bits per heavy atom. The highest BCUT2D eigenvalue weighted by Gasteiger charge is 2.17. The van der Waals surface area contributed by atoms with Crippen molar-refractivity contribution in [1.82, 2.24) is 15.1 Å². The van der Waals surface area contributed by atoms with Gasteiger partial charge in [0.1, 0.15) is 0 Å². The number of nitrogens with one attached hydrogen (secondary N) is 1. The normalized spacial score (nSPS) is 16.6. The van der Waals surface area contributed by atoms with E-state index in [2.05, 4.69) is 41.2 Å². The van der Waals surface area contributed by atoms with Crippen LogP contribution in [0.3, 0.4) is 0 Å². The monoisotopic (exact) mass is 265 g/mol. The van der Waals surface area contributed by atoms with Gasteiger partial charge in [0.15, 0.2) is 0 Å². The molecule has 4 heteroatoms. The Morgan fingerprint density at radius 2 is 2.21 bits per heavy atom. The molecule has 4 nitrogen and oxygen atoms in total. The lowest BCUT2D eigenvalue weighted by molar-refractivity contribution is 0.115. The molecule has 1 fully saturated rings. The molecular weight excluding hydrogens is 238 g/mol. The Bertz CT molecular complexity index is 356. The second-order valence-corrected chi connectivity index (χ2v) is 5.74. The molecule has 0 radical (unpaired) electrons. The molecule has 0 bridgehead atoms. The highest BCUT2D eigenvalue weighted by Crippen LogP contribution is 2.28. The molecule has 1 aliphatic rings. The first-order valence-corrected chi connectivity index (χ1v) is 7.61. The van der Waals surface area contributed by atoms with Crippen molar-refractivity contribution >= 4 is 0 Å². The molecule has 0 amide bonds. The highest BCUT2D eigenvalue weighted by atomic mass is 16.5. The lowest BCUT2D eigenvalue weighted by Crippen LogP contribution is -2.24. The van der Waals surface area contributed by atoms with Gasteiger partial charge < -0.3 is 10.1 Å². The molecule has 0 unspecified atom stereocenters. The summed E-state index contributed by atoms with van der Waals surface area (Å²) in [6.07, 6.45) is 8.42. The van der Waals surface area contributed by atoms with Crippen molar-refractivity contribution in [2.75, 3.05) is 13.2 Å². The fraction of sp³-hybridized carbons (Fsp3) is 0.800. The van der Waals surface area contributed by atoms with Crippen molar-refractivity contribution in [3.63, 3.8) is 0 Å². The van der Waals surface area contributed by atoms with E-state index in [1.807, 2.05) is 0 Å². The molecule has 1 aromatic heterocycles. The van der Waals surface area contributed by atoms with Gasteiger partial charge in [-0.25, -0.2) is 0 Å². The van der Waals surface area contributed by atoms with Crippen molar-refractivity contribution in [2.45, 2.75) is 64.6 Å². The molecule has 0 atom stereocenters. The van der Waals surface area contributed by atoms with E-state index in [1.54, 1.807) is 0 Å². The zero-order chi connectivity index (χ0) is 13.5. The van der Waals surface area contributed by atoms with Gasteiger partial charge in [-0.3, -0.25) is 4.68 Å². The molecule has 108 valence electrons. The fourth-order valence-electron chi connectivity index (χ4n) is 2.57. The van der Waals surface area contributed by atoms with Crippen LogP contribution < -0.4 is 5.32 Å². The van der Waals surface area contributed by atoms with E-state index in [0.29, 0.717) is 18.7 Å². The number of rotatable bonds is 8. The zero-order valence-corrected chi connectivity index (χ0v) is 12.3. The summed E-state index contributed by atoms with van der Waals surface area (Å²) in [5.41, 5.74) is 1.06. The van der Waals surface area contributed by atoms with Crippen LogP contribution in [0.5, 0.6) is 0 Å². The lowest BCUT2D eigenvalue weighted by atomic mass is 10.3. The van der Waals surface area contributed by atoms with E-state index in [9.17, 15) is 0 Å². The average Bonchev–Trinajstić information content (AvgIpc) is 3.03. The molecule has 0 aliphatic heterocycles. The maximum atomic E-state index is 5.66. The minimum Gasteiger partial charge on any atom is -0.375 e. The van der Waals surface area contributed by atoms with E-state index >= 15 is 0 Å². The second kappa shape index (κ2) is 7.65. The first kappa shape index (κ1) is 14.5. The Balaban J connectivity index is 1.61. The second-order valence-electron chi connectivity index (χ2n) is 5.74. The maximum absolute atomic E-state index is 5.66. The first-order chi connectivity index (χ1) is 9.25. The minimum atomic E-state index is 0.558. The Morgan fingerprint density at radius 1 is 1.42 bits per heavy atom. The summed E-state index contributed by atoms with van der Waals surface area (Å²) < 4.78 is 7.79. The van der Waals surface area contributed by atoms with Gasteiger partial charge in [-0.2, -0.15) is 5.10 Å². The molecule has 2 rings (SSSR count). The van der Waals surface area contributed by atoms with Crippen molar-refractivity contribution in [2.24, 2.45) is 0 Å². The molecule has 1 aromatic rings. The molecule has 0 aromatic carbocycles. The summed E-state index contributed by atoms with van der Waals surface area (Å²) in [6.45, 7) is 6.79. The van der Waals surface area contributed by atoms with Crippen LogP contribution in [0.4, 0.5) is 0 Å². The van der Waals surface area contributed by atoms with E-state index in [0.717, 1.165) is 25.3 Å². The fourth-order valence-corrected chi connectivity index (χ4v) is 2.57. The number of hydrogen-bond acceptors (Lipinski definition) is 3. The van der Waals surface area contributed by atoms with Crippen LogP contribution in [0.15, 0.2) is 12.3 Å². The van der Waals surface area contributed by atoms with Crippen molar-refractivity contribution in [1.29, 1.82) is 0 Å². The molecule has 1 aliphatic carbocycles. The predicted molar refractivity (Wildman–Crippen MR) is 77.1 cm³/mol. The number of nitrogens with zero attached hydrogens (tertiary/aromatic N) is 2. The summed E-state index contributed by atoms with van der Waals surface area (Å²) in [5.74, 6) is 0. The molecule has 1 saturated carbocycles. The molecule has 1 N–H and O–H groups in total. The van der Waals surface area contributed by atoms with Crippen LogP contribution in [-0.2, 0) is 11.3 Å². The number of ether oxygens (including phenoxy) is 1. The van der Waals surface area contributed by atoms with Crippen molar-refractivity contribution in [3.05, 3.63) is 18.0 Å². The van der Waals surface area contributed by atoms with E-state index in [-0.39, 0.29) is 0 Å². The van der Waals surface area contributed by atoms with E-state index < -0.39 is 0 Å². The highest BCUT2D eigenvalue weighted by molar-refractivity contribution is 4.98. The smallest absolute Gasteiger partial charge is 0.0906 e. The van der Waals surface area contributed by atoms with Crippen LogP contribution in [0.2, 0.25) is 0 Å². The van der Waals surface area contributed by atoms with Gasteiger partial charge >= 0.3 is 0 Å². The van der Waals surface area contributed by atoms with Gasteiger partial charge in [0.2, 0.25) is 0 Å².